The normalized spacial score (nSPS) is 11.3. The van der Waals surface area contributed by atoms with Crippen LogP contribution >= 0.6 is 11.3 Å². The first-order chi connectivity index (χ1) is 19.0. The Morgan fingerprint density at radius 3 is 2.21 bits per heavy atom. The standard InChI is InChI=1S/C33H25NO4S/c35-32(31-21-27-19-24(15-18-30(27)39-31)12-11-23-7-3-1-4-8-23)34-29(33(36)37)20-25-13-16-28(17-14-25)38-22-26-9-5-2-6-10-26/h1-10,13-19,21,29H,20,22H2,(H,34,35)(H,36,37). The maximum Gasteiger partial charge on any atom is 0.326 e. The Balaban J connectivity index is 1.22. The number of fused-ring (bicyclic) bond motifs is 1. The molecule has 2 N–H and O–H groups in total. The smallest absolute Gasteiger partial charge is 0.326 e. The van der Waals surface area contributed by atoms with E-state index in [2.05, 4.69) is 17.2 Å². The van der Waals surface area contributed by atoms with E-state index in [1.807, 2.05) is 103 Å². The molecule has 0 bridgehead atoms. The van der Waals surface area contributed by atoms with Crippen molar-refractivity contribution >= 4 is 33.3 Å². The average molecular weight is 532 g/mol. The lowest BCUT2D eigenvalue weighted by Crippen LogP contribution is -2.42. The van der Waals surface area contributed by atoms with Crippen molar-refractivity contribution in [3.63, 3.8) is 0 Å². The molecular formula is C33H25NO4S. The third-order valence-corrected chi connectivity index (χ3v) is 7.19. The SMILES string of the molecule is O=C(NC(Cc1ccc(OCc2ccccc2)cc1)C(=O)O)c1cc2cc(C#Cc3ccccc3)ccc2s1. The highest BCUT2D eigenvalue weighted by molar-refractivity contribution is 7.20. The Morgan fingerprint density at radius 2 is 1.49 bits per heavy atom. The van der Waals surface area contributed by atoms with E-state index in [-0.39, 0.29) is 6.42 Å². The summed E-state index contributed by atoms with van der Waals surface area (Å²) in [6.45, 7) is 0.449. The number of amides is 1. The molecule has 0 saturated heterocycles. The van der Waals surface area contributed by atoms with Gasteiger partial charge in [-0.1, -0.05) is 72.5 Å². The summed E-state index contributed by atoms with van der Waals surface area (Å²) < 4.78 is 6.74. The van der Waals surface area contributed by atoms with Crippen molar-refractivity contribution in [2.45, 2.75) is 19.1 Å². The number of aliphatic carboxylic acids is 1. The van der Waals surface area contributed by atoms with E-state index in [1.165, 1.54) is 11.3 Å². The quantitative estimate of drug-likeness (QED) is 0.230. The Bertz CT molecular complexity index is 1650. The van der Waals surface area contributed by atoms with Gasteiger partial charge in [-0.3, -0.25) is 4.79 Å². The molecule has 5 nitrogen and oxygen atoms in total. The van der Waals surface area contributed by atoms with Crippen molar-refractivity contribution in [1.82, 2.24) is 5.32 Å². The number of carbonyl (C=O) groups excluding carboxylic acids is 1. The molecule has 1 aromatic heterocycles. The molecule has 1 amide bonds. The minimum absolute atomic E-state index is 0.157. The van der Waals surface area contributed by atoms with Gasteiger partial charge >= 0.3 is 5.97 Å². The molecule has 0 spiro atoms. The minimum Gasteiger partial charge on any atom is -0.489 e. The summed E-state index contributed by atoms with van der Waals surface area (Å²) in [5, 5.41) is 13.3. The van der Waals surface area contributed by atoms with Gasteiger partial charge in [0.25, 0.3) is 5.91 Å². The predicted molar refractivity (Wildman–Crippen MR) is 154 cm³/mol. The molecular weight excluding hydrogens is 506 g/mol. The van der Waals surface area contributed by atoms with E-state index in [1.54, 1.807) is 6.07 Å². The highest BCUT2D eigenvalue weighted by Gasteiger charge is 2.22. The summed E-state index contributed by atoms with van der Waals surface area (Å²) >= 11 is 1.32. The van der Waals surface area contributed by atoms with Gasteiger partial charge in [-0.25, -0.2) is 4.79 Å². The lowest BCUT2D eigenvalue weighted by molar-refractivity contribution is -0.139. The van der Waals surface area contributed by atoms with Crippen LogP contribution < -0.4 is 10.1 Å². The van der Waals surface area contributed by atoms with Gasteiger partial charge in [-0.2, -0.15) is 0 Å². The van der Waals surface area contributed by atoms with Gasteiger partial charge in [0.15, 0.2) is 0 Å². The topological polar surface area (TPSA) is 75.6 Å². The second-order valence-corrected chi connectivity index (χ2v) is 10.0. The number of thiophene rings is 1. The average Bonchev–Trinajstić information content (AvgIpc) is 3.40. The van der Waals surface area contributed by atoms with Gasteiger partial charge in [0.05, 0.1) is 4.88 Å². The van der Waals surface area contributed by atoms with Crippen LogP contribution in [0.4, 0.5) is 0 Å². The molecule has 5 rings (SSSR count). The van der Waals surface area contributed by atoms with Crippen LogP contribution in [-0.4, -0.2) is 23.0 Å². The molecule has 0 aliphatic heterocycles. The first kappa shape index (κ1) is 25.8. The van der Waals surface area contributed by atoms with Crippen molar-refractivity contribution in [3.8, 4) is 17.6 Å². The summed E-state index contributed by atoms with van der Waals surface area (Å²) in [5.74, 6) is 5.48. The van der Waals surface area contributed by atoms with Crippen molar-refractivity contribution in [1.29, 1.82) is 0 Å². The fraction of sp³-hybridized carbons (Fsp3) is 0.0909. The summed E-state index contributed by atoms with van der Waals surface area (Å²) in [6, 6.07) is 33.3. The van der Waals surface area contributed by atoms with Gasteiger partial charge in [-0.15, -0.1) is 11.3 Å². The first-order valence-electron chi connectivity index (χ1n) is 12.4. The highest BCUT2D eigenvalue weighted by Crippen LogP contribution is 2.27. The number of benzene rings is 4. The molecule has 1 heterocycles. The number of nitrogens with one attached hydrogen (secondary N) is 1. The minimum atomic E-state index is -1.09. The lowest BCUT2D eigenvalue weighted by atomic mass is 10.1. The largest absolute Gasteiger partial charge is 0.489 e. The van der Waals surface area contributed by atoms with Gasteiger partial charge in [0.2, 0.25) is 0 Å². The highest BCUT2D eigenvalue weighted by atomic mass is 32.1. The molecule has 6 heteroatoms. The van der Waals surface area contributed by atoms with E-state index in [0.29, 0.717) is 17.2 Å². The van der Waals surface area contributed by atoms with Crippen molar-refractivity contribution in [2.24, 2.45) is 0 Å². The van der Waals surface area contributed by atoms with Crippen molar-refractivity contribution < 1.29 is 19.4 Å². The molecule has 0 saturated carbocycles. The number of carbonyl (C=O) groups is 2. The Morgan fingerprint density at radius 1 is 0.795 bits per heavy atom. The summed E-state index contributed by atoms with van der Waals surface area (Å²) in [5.41, 5.74) is 3.62. The molecule has 1 unspecified atom stereocenters. The zero-order valence-corrected chi connectivity index (χ0v) is 21.8. The Labute approximate surface area is 230 Å². The van der Waals surface area contributed by atoms with E-state index < -0.39 is 17.9 Å². The van der Waals surface area contributed by atoms with Crippen LogP contribution in [-0.2, 0) is 17.8 Å². The van der Waals surface area contributed by atoms with E-state index in [0.717, 1.165) is 32.3 Å². The van der Waals surface area contributed by atoms with Crippen LogP contribution in [0.5, 0.6) is 5.75 Å². The zero-order valence-electron chi connectivity index (χ0n) is 21.0. The van der Waals surface area contributed by atoms with Crippen LogP contribution in [0.1, 0.15) is 31.9 Å². The summed E-state index contributed by atoms with van der Waals surface area (Å²) in [7, 11) is 0. The second-order valence-electron chi connectivity index (χ2n) is 8.97. The predicted octanol–water partition coefficient (Wildman–Crippen LogP) is 6.31. The maximum atomic E-state index is 13.0. The first-order valence-corrected chi connectivity index (χ1v) is 13.3. The number of hydrogen-bond acceptors (Lipinski definition) is 4. The van der Waals surface area contributed by atoms with Crippen LogP contribution in [0.25, 0.3) is 10.1 Å². The van der Waals surface area contributed by atoms with Gasteiger partial charge in [-0.05, 0) is 65.0 Å². The van der Waals surface area contributed by atoms with Crippen molar-refractivity contribution in [3.05, 3.63) is 136 Å². The molecule has 0 fully saturated rings. The third kappa shape index (κ3) is 6.92. The van der Waals surface area contributed by atoms with Crippen LogP contribution in [0.15, 0.2) is 109 Å². The fourth-order valence-corrected chi connectivity index (χ4v) is 4.97. The number of hydrogen-bond donors (Lipinski definition) is 2. The molecule has 1 atom stereocenters. The van der Waals surface area contributed by atoms with Crippen LogP contribution in [0, 0.1) is 11.8 Å². The van der Waals surface area contributed by atoms with E-state index >= 15 is 0 Å². The fourth-order valence-electron chi connectivity index (χ4n) is 4.03. The van der Waals surface area contributed by atoms with Gasteiger partial charge in [0.1, 0.15) is 18.4 Å². The van der Waals surface area contributed by atoms with E-state index in [4.69, 9.17) is 4.74 Å². The van der Waals surface area contributed by atoms with Gasteiger partial charge in [0, 0.05) is 22.2 Å². The Hall–Kier alpha value is -4.86. The number of ether oxygens (including phenoxy) is 1. The van der Waals surface area contributed by atoms with Gasteiger partial charge < -0.3 is 15.2 Å². The lowest BCUT2D eigenvalue weighted by Gasteiger charge is -2.14. The second kappa shape index (κ2) is 12.1. The van der Waals surface area contributed by atoms with Crippen LogP contribution in [0.2, 0.25) is 0 Å². The molecule has 0 aliphatic carbocycles. The third-order valence-electron chi connectivity index (χ3n) is 6.08. The van der Waals surface area contributed by atoms with Crippen LogP contribution in [0.3, 0.4) is 0 Å². The van der Waals surface area contributed by atoms with E-state index in [9.17, 15) is 14.7 Å². The summed E-state index contributed by atoms with van der Waals surface area (Å²) in [4.78, 5) is 25.4. The molecule has 0 aliphatic rings. The van der Waals surface area contributed by atoms with Crippen molar-refractivity contribution in [2.75, 3.05) is 0 Å². The molecule has 0 radical (unpaired) electrons. The number of carboxylic acids is 1. The number of carboxylic acid groups (broad SMARTS) is 1. The molecule has 39 heavy (non-hydrogen) atoms. The zero-order chi connectivity index (χ0) is 27.0. The monoisotopic (exact) mass is 531 g/mol. The molecule has 5 aromatic rings. The number of rotatable bonds is 8. The molecule has 4 aromatic carbocycles. The Kier molecular flexibility index (Phi) is 8.01. The maximum absolute atomic E-state index is 13.0. The summed E-state index contributed by atoms with van der Waals surface area (Å²) in [6.07, 6.45) is 0.157. The molecule has 192 valence electrons.